The summed E-state index contributed by atoms with van der Waals surface area (Å²) in [5.41, 5.74) is 1.50. The monoisotopic (exact) mass is 540 g/mol. The minimum atomic E-state index is -3.90. The van der Waals surface area contributed by atoms with Crippen molar-refractivity contribution in [3.8, 4) is 0 Å². The molecule has 0 aromatic heterocycles. The van der Waals surface area contributed by atoms with Crippen LogP contribution in [0, 0.1) is 0 Å². The smallest absolute Gasteiger partial charge is 0.216 e. The lowest BCUT2D eigenvalue weighted by molar-refractivity contribution is -0.0160. The van der Waals surface area contributed by atoms with Crippen molar-refractivity contribution >= 4 is 20.0 Å². The second-order valence-corrected chi connectivity index (χ2v) is 16.0. The first kappa shape index (κ1) is 30.4. The molecule has 0 aliphatic carbocycles. The molecule has 0 fully saturated rings. The van der Waals surface area contributed by atoms with Crippen LogP contribution in [0.4, 0.5) is 0 Å². The summed E-state index contributed by atoms with van der Waals surface area (Å²) in [6.45, 7) is 9.21. The number of nitrogens with one attached hydrogen (secondary N) is 2. The third-order valence-electron chi connectivity index (χ3n) is 6.00. The van der Waals surface area contributed by atoms with Crippen molar-refractivity contribution in [1.82, 2.24) is 9.44 Å². The van der Waals surface area contributed by atoms with Crippen LogP contribution in [0.2, 0.25) is 0 Å². The lowest BCUT2D eigenvalue weighted by Gasteiger charge is -2.35. The van der Waals surface area contributed by atoms with Crippen LogP contribution in [0.25, 0.3) is 0 Å². The van der Waals surface area contributed by atoms with E-state index in [9.17, 15) is 27.0 Å². The molecule has 0 spiro atoms. The fourth-order valence-electron chi connectivity index (χ4n) is 3.43. The van der Waals surface area contributed by atoms with Gasteiger partial charge in [0.25, 0.3) is 0 Å². The fraction of sp³-hybridized carbons (Fsp3) is 0.538. The Kier molecular flexibility index (Phi) is 9.89. The number of aliphatic hydroxyl groups is 2. The highest BCUT2D eigenvalue weighted by Gasteiger charge is 2.40. The molecule has 2 rings (SSSR count). The third kappa shape index (κ3) is 8.09. The molecule has 0 aliphatic rings. The molecule has 0 heterocycles. The quantitative estimate of drug-likeness (QED) is 0.346. The molecule has 8 nitrogen and oxygen atoms in total. The normalized spacial score (nSPS) is 16.8. The van der Waals surface area contributed by atoms with Gasteiger partial charge in [-0.2, -0.15) is 0 Å². The summed E-state index contributed by atoms with van der Waals surface area (Å²) in [6, 6.07) is 15.8. The molecule has 0 aliphatic heterocycles. The Morgan fingerprint density at radius 2 is 0.889 bits per heavy atom. The molecule has 2 aromatic rings. The topological polar surface area (TPSA) is 133 Å². The zero-order valence-corrected chi connectivity index (χ0v) is 23.5. The average molecular weight is 541 g/mol. The number of aliphatic hydroxyl groups excluding tert-OH is 2. The average Bonchev–Trinajstić information content (AvgIpc) is 2.77. The van der Waals surface area contributed by atoms with E-state index in [1.807, 2.05) is 12.1 Å². The number of benzene rings is 2. The minimum absolute atomic E-state index is 0.0957. The van der Waals surface area contributed by atoms with E-state index in [0.717, 1.165) is 11.1 Å². The van der Waals surface area contributed by atoms with E-state index in [1.165, 1.54) is 41.5 Å². The van der Waals surface area contributed by atoms with Gasteiger partial charge in [-0.05, 0) is 65.5 Å². The first-order valence-electron chi connectivity index (χ1n) is 11.9. The Hall–Kier alpha value is -1.82. The minimum Gasteiger partial charge on any atom is -0.389 e. The van der Waals surface area contributed by atoms with Crippen LogP contribution >= 0.6 is 0 Å². The van der Waals surface area contributed by atoms with Gasteiger partial charge in [-0.15, -0.1) is 0 Å². The van der Waals surface area contributed by atoms with Crippen molar-refractivity contribution in [1.29, 1.82) is 0 Å². The highest BCUT2D eigenvalue weighted by atomic mass is 32.2. The van der Waals surface area contributed by atoms with Gasteiger partial charge in [0, 0.05) is 0 Å². The summed E-state index contributed by atoms with van der Waals surface area (Å²) in [7, 11) is -7.80. The van der Waals surface area contributed by atoms with Gasteiger partial charge in [0.15, 0.2) is 0 Å². The molecule has 0 amide bonds. The number of hydrogen-bond acceptors (Lipinski definition) is 6. The molecule has 0 saturated heterocycles. The van der Waals surface area contributed by atoms with Crippen molar-refractivity contribution in [2.45, 2.75) is 88.2 Å². The maximum absolute atomic E-state index is 13.0. The first-order valence-corrected chi connectivity index (χ1v) is 14.9. The molecule has 0 bridgehead atoms. The van der Waals surface area contributed by atoms with E-state index in [-0.39, 0.29) is 12.8 Å². The predicted octanol–water partition coefficient (Wildman–Crippen LogP) is 2.37. The molecular weight excluding hydrogens is 500 g/mol. The van der Waals surface area contributed by atoms with Crippen molar-refractivity contribution < 1.29 is 27.0 Å². The summed E-state index contributed by atoms with van der Waals surface area (Å²) in [5.74, 6) is 0. The van der Waals surface area contributed by atoms with E-state index >= 15 is 0 Å². The Bertz CT molecular complexity index is 1080. The van der Waals surface area contributed by atoms with Crippen LogP contribution in [0.3, 0.4) is 0 Å². The van der Waals surface area contributed by atoms with Gasteiger partial charge in [0.2, 0.25) is 20.0 Å². The number of hydrogen-bond donors (Lipinski definition) is 4. The summed E-state index contributed by atoms with van der Waals surface area (Å²) < 4.78 is 54.7. The second-order valence-electron chi connectivity index (χ2n) is 11.0. The van der Waals surface area contributed by atoms with Gasteiger partial charge < -0.3 is 10.2 Å². The SMILES string of the molecule is CC(C)(C)S(=O)(=O)N[C@H](Cc1ccccc1)[C@H](O)[C@@H](O)[C@@H](Cc1ccccc1)NS(=O)(=O)C(C)(C)C. The van der Waals surface area contributed by atoms with Crippen molar-refractivity contribution in [3.63, 3.8) is 0 Å². The van der Waals surface area contributed by atoms with Crippen molar-refractivity contribution in [3.05, 3.63) is 71.8 Å². The van der Waals surface area contributed by atoms with E-state index in [2.05, 4.69) is 9.44 Å². The van der Waals surface area contributed by atoms with Crippen LogP contribution in [0.15, 0.2) is 60.7 Å². The lowest BCUT2D eigenvalue weighted by atomic mass is 9.92. The lowest BCUT2D eigenvalue weighted by Crippen LogP contribution is -2.59. The van der Waals surface area contributed by atoms with Gasteiger partial charge in [-0.3, -0.25) is 0 Å². The van der Waals surface area contributed by atoms with Gasteiger partial charge in [0.05, 0.1) is 33.8 Å². The van der Waals surface area contributed by atoms with Crippen LogP contribution in [-0.4, -0.2) is 60.8 Å². The summed E-state index contributed by atoms with van der Waals surface area (Å²) in [6.07, 6.45) is -3.03. The molecule has 0 saturated carbocycles. The van der Waals surface area contributed by atoms with E-state index in [1.54, 1.807) is 48.5 Å². The molecule has 4 N–H and O–H groups in total. The second kappa shape index (κ2) is 11.7. The van der Waals surface area contributed by atoms with E-state index < -0.39 is 53.8 Å². The molecule has 4 atom stereocenters. The largest absolute Gasteiger partial charge is 0.389 e. The number of sulfonamides is 2. The first-order chi connectivity index (χ1) is 16.4. The molecule has 0 unspecified atom stereocenters. The van der Waals surface area contributed by atoms with Gasteiger partial charge in [0.1, 0.15) is 0 Å². The molecule has 2 aromatic carbocycles. The van der Waals surface area contributed by atoms with Crippen LogP contribution in [0.1, 0.15) is 52.7 Å². The van der Waals surface area contributed by atoms with Crippen LogP contribution in [0.5, 0.6) is 0 Å². The predicted molar refractivity (Wildman–Crippen MR) is 143 cm³/mol. The molecule has 10 heteroatoms. The maximum atomic E-state index is 13.0. The highest BCUT2D eigenvalue weighted by Crippen LogP contribution is 2.21. The Balaban J connectivity index is 2.45. The molecule has 0 radical (unpaired) electrons. The van der Waals surface area contributed by atoms with Crippen LogP contribution in [-0.2, 0) is 32.9 Å². The van der Waals surface area contributed by atoms with Gasteiger partial charge >= 0.3 is 0 Å². The standard InChI is InChI=1S/C26H40N2O6S2/c1-25(2,3)35(31,32)27-21(17-19-13-9-7-10-14-19)23(29)24(30)22(18-20-15-11-8-12-16-20)28-36(33,34)26(4,5)6/h7-16,21-24,27-30H,17-18H2,1-6H3/t21-,22-,23+,24+/m1/s1. The van der Waals surface area contributed by atoms with Gasteiger partial charge in [-0.1, -0.05) is 60.7 Å². The maximum Gasteiger partial charge on any atom is 0.216 e. The van der Waals surface area contributed by atoms with Crippen LogP contribution < -0.4 is 9.44 Å². The number of rotatable bonds is 11. The summed E-state index contributed by atoms with van der Waals surface area (Å²) in [4.78, 5) is 0. The van der Waals surface area contributed by atoms with E-state index in [0.29, 0.717) is 0 Å². The molecular formula is C26H40N2O6S2. The fourth-order valence-corrected chi connectivity index (χ4v) is 5.38. The highest BCUT2D eigenvalue weighted by molar-refractivity contribution is 7.91. The van der Waals surface area contributed by atoms with Crippen molar-refractivity contribution in [2.75, 3.05) is 0 Å². The third-order valence-corrected chi connectivity index (χ3v) is 10.4. The zero-order chi connectivity index (χ0) is 27.4. The molecule has 36 heavy (non-hydrogen) atoms. The zero-order valence-electron chi connectivity index (χ0n) is 21.8. The molecule has 202 valence electrons. The van der Waals surface area contributed by atoms with Gasteiger partial charge in [-0.25, -0.2) is 26.3 Å². The van der Waals surface area contributed by atoms with Crippen molar-refractivity contribution in [2.24, 2.45) is 0 Å². The Morgan fingerprint density at radius 3 is 1.14 bits per heavy atom. The van der Waals surface area contributed by atoms with E-state index in [4.69, 9.17) is 0 Å². The Labute approximate surface area is 216 Å². The Morgan fingerprint density at radius 1 is 0.611 bits per heavy atom. The summed E-state index contributed by atoms with van der Waals surface area (Å²) >= 11 is 0. The summed E-state index contributed by atoms with van der Waals surface area (Å²) in [5, 5.41) is 22.6.